The summed E-state index contributed by atoms with van der Waals surface area (Å²) in [7, 11) is -2.06. The van der Waals surface area contributed by atoms with Gasteiger partial charge in [0.15, 0.2) is 0 Å². The summed E-state index contributed by atoms with van der Waals surface area (Å²) >= 11 is 6.30. The van der Waals surface area contributed by atoms with Gasteiger partial charge in [0.25, 0.3) is 5.69 Å². The third-order valence-corrected chi connectivity index (χ3v) is 10.2. The lowest BCUT2D eigenvalue weighted by Crippen LogP contribution is -2.48. The second-order valence-electron chi connectivity index (χ2n) is 11.1. The number of nitro groups is 1. The highest BCUT2D eigenvalue weighted by atomic mass is 35.5. The van der Waals surface area contributed by atoms with Crippen LogP contribution >= 0.6 is 24.0 Å². The number of aliphatic hydroxyl groups excluding tert-OH is 1. The van der Waals surface area contributed by atoms with Crippen LogP contribution in [0.1, 0.15) is 36.3 Å². The number of halogens is 2. The van der Waals surface area contributed by atoms with Gasteiger partial charge >= 0.3 is 6.09 Å². The van der Waals surface area contributed by atoms with Gasteiger partial charge in [0.05, 0.1) is 16.4 Å². The summed E-state index contributed by atoms with van der Waals surface area (Å²) < 4.78 is 33.4. The van der Waals surface area contributed by atoms with Crippen molar-refractivity contribution >= 4 is 45.8 Å². The van der Waals surface area contributed by atoms with Crippen LogP contribution in [-0.2, 0) is 21.4 Å². The van der Waals surface area contributed by atoms with E-state index < -0.39 is 21.0 Å². The molecule has 1 unspecified atom stereocenters. The molecule has 0 radical (unpaired) electrons. The van der Waals surface area contributed by atoms with Crippen LogP contribution in [-0.4, -0.2) is 91.1 Å². The van der Waals surface area contributed by atoms with E-state index in [1.807, 2.05) is 18.2 Å². The molecular formula is C32H40Cl2N4O7S. The van der Waals surface area contributed by atoms with Crippen LogP contribution < -0.4 is 0 Å². The summed E-state index contributed by atoms with van der Waals surface area (Å²) in [5, 5.41) is 21.1. The number of ether oxygens (including phenoxy) is 1. The molecule has 1 amide bonds. The Morgan fingerprint density at radius 2 is 1.76 bits per heavy atom. The van der Waals surface area contributed by atoms with E-state index in [0.29, 0.717) is 36.4 Å². The maximum Gasteiger partial charge on any atom is 0.410 e. The van der Waals surface area contributed by atoms with E-state index >= 15 is 0 Å². The molecule has 0 saturated carbocycles. The maximum atomic E-state index is 13.2. The van der Waals surface area contributed by atoms with Crippen LogP contribution in [0.3, 0.4) is 0 Å². The molecular weight excluding hydrogens is 655 g/mol. The first-order valence-corrected chi connectivity index (χ1v) is 16.7. The number of hydrogen-bond donors (Lipinski definition) is 1. The molecule has 1 aliphatic rings. The topological polar surface area (TPSA) is 134 Å². The van der Waals surface area contributed by atoms with Crippen LogP contribution in [0.2, 0.25) is 5.02 Å². The van der Waals surface area contributed by atoms with Crippen LogP contribution in [0.5, 0.6) is 0 Å². The fourth-order valence-corrected chi connectivity index (χ4v) is 7.01. The molecule has 14 heteroatoms. The van der Waals surface area contributed by atoms with Crippen molar-refractivity contribution < 1.29 is 28.0 Å². The van der Waals surface area contributed by atoms with Crippen molar-refractivity contribution in [3.05, 3.63) is 105 Å². The Labute approximate surface area is 281 Å². The molecule has 3 aromatic rings. The number of hydrogen-bond acceptors (Lipinski definition) is 8. The monoisotopic (exact) mass is 694 g/mol. The summed E-state index contributed by atoms with van der Waals surface area (Å²) in [6, 6.07) is 21.6. The molecule has 1 saturated heterocycles. The molecule has 1 fully saturated rings. The quantitative estimate of drug-likeness (QED) is 0.171. The van der Waals surface area contributed by atoms with Crippen molar-refractivity contribution in [3.63, 3.8) is 0 Å². The number of carbonyl (C=O) groups excluding carboxylic acids is 1. The van der Waals surface area contributed by atoms with E-state index in [2.05, 4.69) is 4.90 Å². The van der Waals surface area contributed by atoms with E-state index in [-0.39, 0.29) is 54.7 Å². The number of amides is 1. The van der Waals surface area contributed by atoms with Gasteiger partial charge in [-0.1, -0.05) is 41.9 Å². The van der Waals surface area contributed by atoms with Crippen molar-refractivity contribution in [1.82, 2.24) is 14.1 Å². The maximum absolute atomic E-state index is 13.2. The zero-order chi connectivity index (χ0) is 32.4. The minimum atomic E-state index is -3.66. The average molecular weight is 696 g/mol. The van der Waals surface area contributed by atoms with E-state index in [1.54, 1.807) is 60.5 Å². The molecule has 1 heterocycles. The lowest BCUT2D eigenvalue weighted by molar-refractivity contribution is -0.384. The first kappa shape index (κ1) is 37.2. The SMILES string of the molecule is CN(CC(CCN1CCC(N(CCO)C(=O)OCc2ccc([N+](=O)[O-])cc2)CC1)c1cccc(Cl)c1)S(=O)(=O)c1ccccc1.Cl. The first-order chi connectivity index (χ1) is 21.6. The standard InChI is InChI=1S/C32H39ClN4O7S.ClH/c1-34(45(42,43)31-8-3-2-4-9-31)23-27(26-6-5-7-28(33)22-26)14-17-35-18-15-29(16-19-35)36(20-21-38)32(39)44-24-25-10-12-30(13-11-25)37(40)41;/h2-13,22,27,29,38H,14-21,23-24H2,1H3;1H. The Balaban J connectivity index is 0.00000576. The number of benzene rings is 3. The number of aliphatic hydroxyl groups is 1. The minimum Gasteiger partial charge on any atom is -0.445 e. The third-order valence-electron chi connectivity index (χ3n) is 8.13. The number of carbonyl (C=O) groups is 1. The molecule has 1 atom stereocenters. The molecule has 0 aliphatic carbocycles. The second-order valence-corrected chi connectivity index (χ2v) is 13.6. The van der Waals surface area contributed by atoms with Gasteiger partial charge in [-0.15, -0.1) is 12.4 Å². The molecule has 46 heavy (non-hydrogen) atoms. The highest BCUT2D eigenvalue weighted by Crippen LogP contribution is 2.27. The van der Waals surface area contributed by atoms with Gasteiger partial charge < -0.3 is 19.6 Å². The second kappa shape index (κ2) is 17.6. The van der Waals surface area contributed by atoms with Crippen LogP contribution in [0.15, 0.2) is 83.8 Å². The average Bonchev–Trinajstić information content (AvgIpc) is 3.05. The molecule has 4 rings (SSSR count). The molecule has 1 N–H and O–H groups in total. The molecule has 250 valence electrons. The zero-order valence-electron chi connectivity index (χ0n) is 25.6. The molecule has 0 bridgehead atoms. The van der Waals surface area contributed by atoms with E-state index in [4.69, 9.17) is 16.3 Å². The van der Waals surface area contributed by atoms with Gasteiger partial charge in [0.2, 0.25) is 10.0 Å². The normalized spacial score (nSPS) is 14.8. The smallest absolute Gasteiger partial charge is 0.410 e. The van der Waals surface area contributed by atoms with Gasteiger partial charge in [-0.25, -0.2) is 17.5 Å². The lowest BCUT2D eigenvalue weighted by atomic mass is 9.94. The van der Waals surface area contributed by atoms with Crippen molar-refractivity contribution in [2.75, 3.05) is 46.4 Å². The van der Waals surface area contributed by atoms with Gasteiger partial charge in [0.1, 0.15) is 6.61 Å². The van der Waals surface area contributed by atoms with Gasteiger partial charge in [0, 0.05) is 56.4 Å². The number of sulfonamides is 1. The molecule has 3 aromatic carbocycles. The predicted molar refractivity (Wildman–Crippen MR) is 179 cm³/mol. The minimum absolute atomic E-state index is 0. The summed E-state index contributed by atoms with van der Waals surface area (Å²) in [5.41, 5.74) is 1.56. The number of non-ortho nitro benzene ring substituents is 1. The van der Waals surface area contributed by atoms with Gasteiger partial charge in [-0.05, 0) is 79.3 Å². The Morgan fingerprint density at radius 3 is 2.37 bits per heavy atom. The Morgan fingerprint density at radius 1 is 1.09 bits per heavy atom. The summed E-state index contributed by atoms with van der Waals surface area (Å²) in [6.07, 6.45) is 1.55. The number of rotatable bonds is 14. The van der Waals surface area contributed by atoms with Gasteiger partial charge in [-0.3, -0.25) is 10.1 Å². The molecule has 0 aromatic heterocycles. The highest BCUT2D eigenvalue weighted by Gasteiger charge is 2.30. The fourth-order valence-electron chi connectivity index (χ4n) is 5.57. The Kier molecular flexibility index (Phi) is 14.2. The molecule has 0 spiro atoms. The van der Waals surface area contributed by atoms with E-state index in [0.717, 1.165) is 25.2 Å². The van der Waals surface area contributed by atoms with Crippen LogP contribution in [0.4, 0.5) is 10.5 Å². The fraction of sp³-hybridized carbons (Fsp3) is 0.406. The summed E-state index contributed by atoms with van der Waals surface area (Å²) in [4.78, 5) is 27.4. The Hall–Kier alpha value is -3.26. The Bertz CT molecular complexity index is 1520. The van der Waals surface area contributed by atoms with Gasteiger partial charge in [-0.2, -0.15) is 0 Å². The number of nitrogens with zero attached hydrogens (tertiary/aromatic N) is 4. The molecule has 1 aliphatic heterocycles. The summed E-state index contributed by atoms with van der Waals surface area (Å²) in [6.45, 7) is 2.38. The van der Waals surface area contributed by atoms with Crippen molar-refractivity contribution in [2.45, 2.75) is 42.7 Å². The number of likely N-dealkylation sites (tertiary alicyclic amines) is 1. The summed E-state index contributed by atoms with van der Waals surface area (Å²) in [5.74, 6) is -0.0924. The van der Waals surface area contributed by atoms with Crippen LogP contribution in [0, 0.1) is 10.1 Å². The van der Waals surface area contributed by atoms with Crippen molar-refractivity contribution in [1.29, 1.82) is 0 Å². The largest absolute Gasteiger partial charge is 0.445 e. The number of piperidine rings is 1. The van der Waals surface area contributed by atoms with E-state index in [1.165, 1.54) is 16.4 Å². The van der Waals surface area contributed by atoms with Crippen molar-refractivity contribution in [3.8, 4) is 0 Å². The highest BCUT2D eigenvalue weighted by molar-refractivity contribution is 7.89. The van der Waals surface area contributed by atoms with Crippen molar-refractivity contribution in [2.24, 2.45) is 0 Å². The lowest BCUT2D eigenvalue weighted by Gasteiger charge is -2.38. The zero-order valence-corrected chi connectivity index (χ0v) is 28.0. The van der Waals surface area contributed by atoms with Crippen LogP contribution in [0.25, 0.3) is 0 Å². The number of likely N-dealkylation sites (N-methyl/N-ethyl adjacent to an activating group) is 1. The number of nitro benzene ring substituents is 1. The van der Waals surface area contributed by atoms with E-state index in [9.17, 15) is 28.4 Å². The third kappa shape index (κ3) is 10.1. The predicted octanol–water partition coefficient (Wildman–Crippen LogP) is 5.56. The molecule has 11 nitrogen and oxygen atoms in total. The first-order valence-electron chi connectivity index (χ1n) is 14.8.